The van der Waals surface area contributed by atoms with Gasteiger partial charge in [-0.25, -0.2) is 0 Å². The first-order valence-electron chi connectivity index (χ1n) is 5.17. The third kappa shape index (κ3) is 2.33. The Bertz CT molecular complexity index is 323. The molecule has 1 aromatic rings. The van der Waals surface area contributed by atoms with Crippen LogP contribution >= 0.6 is 0 Å². The van der Waals surface area contributed by atoms with E-state index >= 15 is 0 Å². The SMILES string of the molecule is NC1CCCC1CNC(=O)c1cn[nH]n1. The van der Waals surface area contributed by atoms with Gasteiger partial charge in [0.15, 0.2) is 5.69 Å². The molecule has 15 heavy (non-hydrogen) atoms. The molecule has 6 heteroatoms. The highest BCUT2D eigenvalue weighted by Gasteiger charge is 2.24. The van der Waals surface area contributed by atoms with Crippen LogP contribution in [0.4, 0.5) is 0 Å². The summed E-state index contributed by atoms with van der Waals surface area (Å²) in [6.45, 7) is 0.632. The van der Waals surface area contributed by atoms with E-state index in [0.717, 1.165) is 19.3 Å². The lowest BCUT2D eigenvalue weighted by molar-refractivity contribution is 0.0941. The van der Waals surface area contributed by atoms with Crippen LogP contribution < -0.4 is 11.1 Å². The van der Waals surface area contributed by atoms with Crippen molar-refractivity contribution in [2.24, 2.45) is 11.7 Å². The van der Waals surface area contributed by atoms with E-state index < -0.39 is 0 Å². The summed E-state index contributed by atoms with van der Waals surface area (Å²) in [7, 11) is 0. The largest absolute Gasteiger partial charge is 0.350 e. The van der Waals surface area contributed by atoms with Crippen LogP contribution in [0.15, 0.2) is 6.20 Å². The molecule has 0 bridgehead atoms. The summed E-state index contributed by atoms with van der Waals surface area (Å²) in [5, 5.41) is 12.5. The van der Waals surface area contributed by atoms with Crippen molar-refractivity contribution < 1.29 is 4.79 Å². The molecule has 1 aliphatic carbocycles. The van der Waals surface area contributed by atoms with Crippen molar-refractivity contribution in [3.63, 3.8) is 0 Å². The predicted molar refractivity (Wildman–Crippen MR) is 54.0 cm³/mol. The van der Waals surface area contributed by atoms with Crippen LogP contribution in [0.1, 0.15) is 29.8 Å². The molecule has 0 radical (unpaired) electrons. The summed E-state index contributed by atoms with van der Waals surface area (Å²) in [5.41, 5.74) is 6.22. The second-order valence-electron chi connectivity index (χ2n) is 3.92. The second-order valence-corrected chi connectivity index (χ2v) is 3.92. The monoisotopic (exact) mass is 209 g/mol. The lowest BCUT2D eigenvalue weighted by Gasteiger charge is -2.15. The molecule has 82 valence electrons. The molecular weight excluding hydrogens is 194 g/mol. The maximum atomic E-state index is 11.5. The Morgan fingerprint density at radius 3 is 3.13 bits per heavy atom. The summed E-state index contributed by atoms with van der Waals surface area (Å²) < 4.78 is 0. The molecule has 0 spiro atoms. The van der Waals surface area contributed by atoms with Gasteiger partial charge in [0.1, 0.15) is 0 Å². The summed E-state index contributed by atoms with van der Waals surface area (Å²) >= 11 is 0. The highest BCUT2D eigenvalue weighted by atomic mass is 16.1. The highest BCUT2D eigenvalue weighted by molar-refractivity contribution is 5.91. The van der Waals surface area contributed by atoms with E-state index in [2.05, 4.69) is 20.7 Å². The number of hydrogen-bond acceptors (Lipinski definition) is 4. The van der Waals surface area contributed by atoms with Gasteiger partial charge in [0.2, 0.25) is 0 Å². The van der Waals surface area contributed by atoms with E-state index in [4.69, 9.17) is 5.73 Å². The van der Waals surface area contributed by atoms with Crippen LogP contribution in [0.2, 0.25) is 0 Å². The predicted octanol–water partition coefficient (Wildman–Crippen LogP) is -0.338. The third-order valence-electron chi connectivity index (χ3n) is 2.89. The van der Waals surface area contributed by atoms with Crippen molar-refractivity contribution in [1.82, 2.24) is 20.7 Å². The number of amides is 1. The zero-order chi connectivity index (χ0) is 10.7. The quantitative estimate of drug-likeness (QED) is 0.634. The minimum absolute atomic E-state index is 0.192. The van der Waals surface area contributed by atoms with E-state index in [-0.39, 0.29) is 11.9 Å². The van der Waals surface area contributed by atoms with Crippen LogP contribution in [0, 0.1) is 5.92 Å². The maximum absolute atomic E-state index is 11.5. The van der Waals surface area contributed by atoms with Crippen LogP contribution in [0.3, 0.4) is 0 Å². The number of aromatic amines is 1. The fourth-order valence-electron chi connectivity index (χ4n) is 1.94. The van der Waals surface area contributed by atoms with Crippen LogP contribution in [0.5, 0.6) is 0 Å². The summed E-state index contributed by atoms with van der Waals surface area (Å²) in [6, 6.07) is 0.225. The molecule has 0 saturated heterocycles. The van der Waals surface area contributed by atoms with Crippen molar-refractivity contribution >= 4 is 5.91 Å². The normalized spacial score (nSPS) is 25.4. The van der Waals surface area contributed by atoms with Gasteiger partial charge >= 0.3 is 0 Å². The minimum Gasteiger partial charge on any atom is -0.350 e. The molecule has 1 aromatic heterocycles. The summed E-state index contributed by atoms with van der Waals surface area (Å²) in [6.07, 6.45) is 4.72. The maximum Gasteiger partial charge on any atom is 0.273 e. The van der Waals surface area contributed by atoms with Crippen molar-refractivity contribution in [2.45, 2.75) is 25.3 Å². The number of nitrogens with zero attached hydrogens (tertiary/aromatic N) is 2. The van der Waals surface area contributed by atoms with Gasteiger partial charge in [0.05, 0.1) is 6.20 Å². The highest BCUT2D eigenvalue weighted by Crippen LogP contribution is 2.22. The zero-order valence-electron chi connectivity index (χ0n) is 8.44. The molecule has 1 fully saturated rings. The Balaban J connectivity index is 1.81. The van der Waals surface area contributed by atoms with E-state index in [1.165, 1.54) is 6.20 Å². The van der Waals surface area contributed by atoms with Crippen LogP contribution in [-0.2, 0) is 0 Å². The van der Waals surface area contributed by atoms with Gasteiger partial charge in [-0.2, -0.15) is 15.4 Å². The Morgan fingerprint density at radius 1 is 1.67 bits per heavy atom. The first-order valence-corrected chi connectivity index (χ1v) is 5.17. The van der Waals surface area contributed by atoms with Gasteiger partial charge < -0.3 is 11.1 Å². The number of carbonyl (C=O) groups is 1. The van der Waals surface area contributed by atoms with Gasteiger partial charge in [-0.3, -0.25) is 4.79 Å². The molecule has 2 rings (SSSR count). The molecule has 1 aliphatic rings. The van der Waals surface area contributed by atoms with E-state index in [1.807, 2.05) is 0 Å². The smallest absolute Gasteiger partial charge is 0.273 e. The van der Waals surface area contributed by atoms with Crippen LogP contribution in [-0.4, -0.2) is 33.9 Å². The topological polar surface area (TPSA) is 96.7 Å². The van der Waals surface area contributed by atoms with Crippen molar-refractivity contribution in [3.8, 4) is 0 Å². The number of H-pyrrole nitrogens is 1. The second kappa shape index (κ2) is 4.39. The van der Waals surface area contributed by atoms with Crippen molar-refractivity contribution in [3.05, 3.63) is 11.9 Å². The van der Waals surface area contributed by atoms with E-state index in [0.29, 0.717) is 18.2 Å². The lowest BCUT2D eigenvalue weighted by Crippen LogP contribution is -2.36. The molecule has 0 aliphatic heterocycles. The van der Waals surface area contributed by atoms with E-state index in [1.54, 1.807) is 0 Å². The third-order valence-corrected chi connectivity index (χ3v) is 2.89. The zero-order valence-corrected chi connectivity index (χ0v) is 8.44. The van der Waals surface area contributed by atoms with Gasteiger partial charge in [-0.05, 0) is 18.8 Å². The standard InChI is InChI=1S/C9H15N5O/c10-7-3-1-2-6(7)4-11-9(15)8-5-12-14-13-8/h5-7H,1-4,10H2,(H,11,15)(H,12,13,14). The Morgan fingerprint density at radius 2 is 2.53 bits per heavy atom. The Labute approximate surface area is 87.6 Å². The van der Waals surface area contributed by atoms with Crippen molar-refractivity contribution in [1.29, 1.82) is 0 Å². The van der Waals surface area contributed by atoms with E-state index in [9.17, 15) is 4.79 Å². The molecular formula is C9H15N5O. The average Bonchev–Trinajstić information content (AvgIpc) is 2.85. The molecule has 4 N–H and O–H groups in total. The molecule has 2 atom stereocenters. The fourth-order valence-corrected chi connectivity index (χ4v) is 1.94. The number of rotatable bonds is 3. The average molecular weight is 209 g/mol. The van der Waals surface area contributed by atoms with Gasteiger partial charge in [-0.1, -0.05) is 6.42 Å². The summed E-state index contributed by atoms with van der Waals surface area (Å²) in [4.78, 5) is 11.5. The first kappa shape index (κ1) is 10.1. The molecule has 0 aromatic carbocycles. The lowest BCUT2D eigenvalue weighted by atomic mass is 10.0. The van der Waals surface area contributed by atoms with Crippen molar-refractivity contribution in [2.75, 3.05) is 6.54 Å². The van der Waals surface area contributed by atoms with Gasteiger partial charge in [-0.15, -0.1) is 0 Å². The molecule has 1 saturated carbocycles. The molecule has 1 amide bonds. The van der Waals surface area contributed by atoms with Gasteiger partial charge in [0, 0.05) is 12.6 Å². The molecule has 6 nitrogen and oxygen atoms in total. The first-order chi connectivity index (χ1) is 7.27. The summed E-state index contributed by atoms with van der Waals surface area (Å²) in [5.74, 6) is 0.212. The number of aromatic nitrogens is 3. The van der Waals surface area contributed by atoms with Gasteiger partial charge in [0.25, 0.3) is 5.91 Å². The number of hydrogen-bond donors (Lipinski definition) is 3. The Hall–Kier alpha value is -1.43. The number of carbonyl (C=O) groups excluding carboxylic acids is 1. The minimum atomic E-state index is -0.192. The molecule has 1 heterocycles. The fraction of sp³-hybridized carbons (Fsp3) is 0.667. The molecule has 2 unspecified atom stereocenters. The number of nitrogens with two attached hydrogens (primary N) is 1. The van der Waals surface area contributed by atoms with Crippen LogP contribution in [0.25, 0.3) is 0 Å². The Kier molecular flexibility index (Phi) is 2.96. The number of nitrogens with one attached hydrogen (secondary N) is 2.